The second-order valence-electron chi connectivity index (χ2n) is 6.02. The van der Waals surface area contributed by atoms with E-state index < -0.39 is 0 Å². The summed E-state index contributed by atoms with van der Waals surface area (Å²) in [5.41, 5.74) is 13.5. The normalized spacial score (nSPS) is 12.3. The second kappa shape index (κ2) is 6.45. The van der Waals surface area contributed by atoms with E-state index in [4.69, 9.17) is 11.5 Å². The minimum absolute atomic E-state index is 0.109. The third-order valence-corrected chi connectivity index (χ3v) is 4.30. The number of aliphatic hydroxyl groups excluding tert-OH is 1. The summed E-state index contributed by atoms with van der Waals surface area (Å²) in [5.74, 6) is 0.648. The van der Waals surface area contributed by atoms with Gasteiger partial charge in [-0.2, -0.15) is 4.98 Å². The number of aliphatic hydroxyl groups is 1. The van der Waals surface area contributed by atoms with Crippen molar-refractivity contribution in [2.45, 2.75) is 6.04 Å². The highest BCUT2D eigenvalue weighted by Gasteiger charge is 2.15. The Kier molecular flexibility index (Phi) is 3.98. The van der Waals surface area contributed by atoms with E-state index in [0.29, 0.717) is 28.5 Å². The maximum atomic E-state index is 9.93. The molecule has 0 spiro atoms. The Morgan fingerprint density at radius 2 is 1.81 bits per heavy atom. The molecule has 130 valence electrons. The standard InChI is InChI=1S/C19H18N6O/c20-15-8-17(21)24-18-14(15)9-22-19(25-18)23-16(10-26)13-7-3-5-11-4-1-2-6-12(11)13/h1-9,16,26H,10H2,(H5,20,21,22,23,24,25). The van der Waals surface area contributed by atoms with E-state index in [0.717, 1.165) is 16.3 Å². The van der Waals surface area contributed by atoms with Gasteiger partial charge < -0.3 is 21.9 Å². The zero-order valence-corrected chi connectivity index (χ0v) is 13.9. The van der Waals surface area contributed by atoms with Crippen LogP contribution in [0.4, 0.5) is 17.5 Å². The van der Waals surface area contributed by atoms with Gasteiger partial charge >= 0.3 is 0 Å². The molecule has 0 aliphatic heterocycles. The first-order valence-corrected chi connectivity index (χ1v) is 8.19. The topological polar surface area (TPSA) is 123 Å². The number of pyridine rings is 1. The maximum absolute atomic E-state index is 9.93. The molecule has 2 aromatic carbocycles. The molecule has 2 aromatic heterocycles. The van der Waals surface area contributed by atoms with Crippen molar-refractivity contribution in [2.75, 3.05) is 23.4 Å². The van der Waals surface area contributed by atoms with Crippen LogP contribution in [0.1, 0.15) is 11.6 Å². The summed E-state index contributed by atoms with van der Waals surface area (Å²) in [5, 5.41) is 15.9. The predicted molar refractivity (Wildman–Crippen MR) is 104 cm³/mol. The number of anilines is 3. The van der Waals surface area contributed by atoms with E-state index in [1.54, 1.807) is 12.3 Å². The van der Waals surface area contributed by atoms with E-state index in [-0.39, 0.29) is 12.6 Å². The fourth-order valence-electron chi connectivity index (χ4n) is 3.05. The molecule has 0 radical (unpaired) electrons. The minimum atomic E-state index is -0.364. The quantitative estimate of drug-likeness (QED) is 0.447. The molecule has 0 fully saturated rings. The summed E-state index contributed by atoms with van der Waals surface area (Å²) in [7, 11) is 0. The SMILES string of the molecule is Nc1cc(N)c2cnc(NC(CO)c3cccc4ccccc34)nc2n1. The van der Waals surface area contributed by atoms with Crippen molar-refractivity contribution in [3.05, 3.63) is 60.3 Å². The van der Waals surface area contributed by atoms with Crippen molar-refractivity contribution in [3.63, 3.8) is 0 Å². The number of nitrogen functional groups attached to an aromatic ring is 2. The van der Waals surface area contributed by atoms with Crippen LogP contribution in [0.2, 0.25) is 0 Å². The second-order valence-corrected chi connectivity index (χ2v) is 6.02. The molecule has 0 aliphatic carbocycles. The van der Waals surface area contributed by atoms with Gasteiger partial charge in [0.25, 0.3) is 0 Å². The van der Waals surface area contributed by atoms with Gasteiger partial charge in [0.05, 0.1) is 18.0 Å². The lowest BCUT2D eigenvalue weighted by Crippen LogP contribution is -2.17. The van der Waals surface area contributed by atoms with Crippen LogP contribution in [0.3, 0.4) is 0 Å². The van der Waals surface area contributed by atoms with Gasteiger partial charge in [0.1, 0.15) is 5.82 Å². The van der Waals surface area contributed by atoms with Gasteiger partial charge in [-0.15, -0.1) is 0 Å². The van der Waals surface area contributed by atoms with Crippen LogP contribution in [0, 0.1) is 0 Å². The van der Waals surface area contributed by atoms with Crippen LogP contribution in [0.25, 0.3) is 21.8 Å². The van der Waals surface area contributed by atoms with E-state index in [9.17, 15) is 5.11 Å². The molecule has 7 nitrogen and oxygen atoms in total. The predicted octanol–water partition coefficient (Wildman–Crippen LogP) is 2.49. The number of nitrogens with two attached hydrogens (primary N) is 2. The Labute approximate surface area is 149 Å². The zero-order chi connectivity index (χ0) is 18.1. The van der Waals surface area contributed by atoms with E-state index >= 15 is 0 Å². The molecule has 6 N–H and O–H groups in total. The van der Waals surface area contributed by atoms with E-state index in [1.165, 1.54) is 0 Å². The lowest BCUT2D eigenvalue weighted by molar-refractivity contribution is 0.276. The number of hydrogen-bond donors (Lipinski definition) is 4. The van der Waals surface area contributed by atoms with Crippen molar-refractivity contribution < 1.29 is 5.11 Å². The molecule has 0 amide bonds. The maximum Gasteiger partial charge on any atom is 0.225 e. The van der Waals surface area contributed by atoms with Crippen LogP contribution < -0.4 is 16.8 Å². The number of fused-ring (bicyclic) bond motifs is 2. The van der Waals surface area contributed by atoms with E-state index in [1.807, 2.05) is 42.5 Å². The average molecular weight is 346 g/mol. The molecule has 4 aromatic rings. The number of nitrogens with one attached hydrogen (secondary N) is 1. The van der Waals surface area contributed by atoms with Crippen LogP contribution in [-0.2, 0) is 0 Å². The molecule has 7 heteroatoms. The Morgan fingerprint density at radius 1 is 1.00 bits per heavy atom. The first kappa shape index (κ1) is 16.0. The van der Waals surface area contributed by atoms with Gasteiger partial charge in [0, 0.05) is 18.0 Å². The molecule has 0 saturated carbocycles. The van der Waals surface area contributed by atoms with Gasteiger partial charge in [0.2, 0.25) is 5.95 Å². The summed E-state index contributed by atoms with van der Waals surface area (Å²) in [6, 6.07) is 15.2. The fourth-order valence-corrected chi connectivity index (χ4v) is 3.05. The lowest BCUT2D eigenvalue weighted by atomic mass is 9.99. The highest BCUT2D eigenvalue weighted by atomic mass is 16.3. The van der Waals surface area contributed by atoms with Crippen LogP contribution in [0.5, 0.6) is 0 Å². The Hall–Kier alpha value is -3.45. The van der Waals surface area contributed by atoms with Crippen molar-refractivity contribution >= 4 is 39.3 Å². The summed E-state index contributed by atoms with van der Waals surface area (Å²) < 4.78 is 0. The largest absolute Gasteiger partial charge is 0.398 e. The molecule has 0 saturated heterocycles. The molecule has 2 heterocycles. The summed E-state index contributed by atoms with van der Waals surface area (Å²) in [6.07, 6.45) is 1.60. The zero-order valence-electron chi connectivity index (χ0n) is 13.9. The molecule has 4 rings (SSSR count). The van der Waals surface area contributed by atoms with Gasteiger partial charge in [-0.1, -0.05) is 42.5 Å². The number of aromatic nitrogens is 3. The van der Waals surface area contributed by atoms with Crippen LogP contribution in [-0.4, -0.2) is 26.7 Å². The average Bonchev–Trinajstić information content (AvgIpc) is 2.65. The Morgan fingerprint density at radius 3 is 2.65 bits per heavy atom. The molecule has 26 heavy (non-hydrogen) atoms. The monoisotopic (exact) mass is 346 g/mol. The third-order valence-electron chi connectivity index (χ3n) is 4.30. The summed E-state index contributed by atoms with van der Waals surface area (Å²) >= 11 is 0. The first-order valence-electron chi connectivity index (χ1n) is 8.19. The number of rotatable bonds is 4. The van der Waals surface area contributed by atoms with Gasteiger partial charge in [-0.25, -0.2) is 9.97 Å². The molecule has 0 bridgehead atoms. The van der Waals surface area contributed by atoms with Crippen molar-refractivity contribution in [3.8, 4) is 0 Å². The number of benzene rings is 2. The smallest absolute Gasteiger partial charge is 0.225 e. The van der Waals surface area contributed by atoms with Gasteiger partial charge in [0.15, 0.2) is 5.65 Å². The third kappa shape index (κ3) is 2.84. The van der Waals surface area contributed by atoms with Gasteiger partial charge in [-0.3, -0.25) is 0 Å². The minimum Gasteiger partial charge on any atom is -0.398 e. The summed E-state index contributed by atoms with van der Waals surface area (Å²) in [6.45, 7) is -0.109. The fraction of sp³-hybridized carbons (Fsp3) is 0.105. The summed E-state index contributed by atoms with van der Waals surface area (Å²) in [4.78, 5) is 12.9. The number of hydrogen-bond acceptors (Lipinski definition) is 7. The molecule has 1 unspecified atom stereocenters. The Bertz CT molecular complexity index is 1090. The van der Waals surface area contributed by atoms with Gasteiger partial charge in [-0.05, 0) is 16.3 Å². The van der Waals surface area contributed by atoms with Crippen molar-refractivity contribution in [2.24, 2.45) is 0 Å². The molecule has 1 atom stereocenters. The Balaban J connectivity index is 1.73. The number of nitrogens with zero attached hydrogens (tertiary/aromatic N) is 3. The first-order chi connectivity index (χ1) is 12.7. The van der Waals surface area contributed by atoms with E-state index in [2.05, 4.69) is 20.3 Å². The van der Waals surface area contributed by atoms with Crippen molar-refractivity contribution in [1.29, 1.82) is 0 Å². The lowest BCUT2D eigenvalue weighted by Gasteiger charge is -2.19. The molecular weight excluding hydrogens is 328 g/mol. The highest BCUT2D eigenvalue weighted by molar-refractivity contribution is 5.89. The van der Waals surface area contributed by atoms with Crippen LogP contribution in [0.15, 0.2) is 54.7 Å². The van der Waals surface area contributed by atoms with Crippen molar-refractivity contribution in [1.82, 2.24) is 15.0 Å². The molecule has 0 aliphatic rings. The highest BCUT2D eigenvalue weighted by Crippen LogP contribution is 2.27. The molecular formula is C19H18N6O. The van der Waals surface area contributed by atoms with Crippen LogP contribution >= 0.6 is 0 Å².